The number of sulfonamides is 1. The van der Waals surface area contributed by atoms with E-state index in [0.29, 0.717) is 5.56 Å². The Morgan fingerprint density at radius 2 is 1.26 bits per heavy atom. The molecule has 7 heteroatoms. The molecule has 136 valence electrons. The van der Waals surface area contributed by atoms with Gasteiger partial charge in [0.15, 0.2) is 0 Å². The van der Waals surface area contributed by atoms with Crippen LogP contribution in [0.5, 0.6) is 0 Å². The summed E-state index contributed by atoms with van der Waals surface area (Å²) in [6, 6.07) is 24.8. The van der Waals surface area contributed by atoms with Gasteiger partial charge in [-0.15, -0.1) is 0 Å². The van der Waals surface area contributed by atoms with Gasteiger partial charge in [0.1, 0.15) is 0 Å². The molecule has 0 aliphatic carbocycles. The van der Waals surface area contributed by atoms with Crippen molar-refractivity contribution in [1.29, 1.82) is 0 Å². The van der Waals surface area contributed by atoms with Crippen LogP contribution < -0.4 is 4.72 Å². The van der Waals surface area contributed by atoms with E-state index in [-0.39, 0.29) is 4.90 Å². The number of rotatable bonds is 7. The molecule has 3 aromatic carbocycles. The number of hydrogen-bond donors (Lipinski definition) is 1. The van der Waals surface area contributed by atoms with Crippen LogP contribution in [-0.2, 0) is 10.0 Å². The summed E-state index contributed by atoms with van der Waals surface area (Å²) in [6.07, 6.45) is 0. The summed E-state index contributed by atoms with van der Waals surface area (Å²) in [7, 11) is -3.81. The van der Waals surface area contributed by atoms with Gasteiger partial charge < -0.3 is 0 Å². The minimum Gasteiger partial charge on any atom is -0.207 e. The van der Waals surface area contributed by atoms with Crippen molar-refractivity contribution in [3.05, 3.63) is 113 Å². The highest BCUT2D eigenvalue weighted by molar-refractivity contribution is 7.89. The van der Waals surface area contributed by atoms with Gasteiger partial charge in [0, 0.05) is 4.91 Å². The van der Waals surface area contributed by atoms with Gasteiger partial charge in [-0.3, -0.25) is 0 Å². The second-order valence-corrected chi connectivity index (χ2v) is 7.60. The molecule has 0 radical (unpaired) electrons. The standard InChI is InChI=1S/C20H18N4O2S/c21-24-22-19(16-10-4-1-5-11-16)20(17-12-6-2-7-13-17)23-27(25,26)18-14-8-3-9-15-18/h1-15,19-20,23H/t19-,20-/m1/s1. The van der Waals surface area contributed by atoms with Crippen molar-refractivity contribution in [2.45, 2.75) is 17.0 Å². The van der Waals surface area contributed by atoms with Crippen molar-refractivity contribution in [3.8, 4) is 0 Å². The number of azide groups is 1. The molecular weight excluding hydrogens is 360 g/mol. The van der Waals surface area contributed by atoms with Gasteiger partial charge in [-0.2, -0.15) is 0 Å². The number of nitrogens with zero attached hydrogens (tertiary/aromatic N) is 3. The topological polar surface area (TPSA) is 94.9 Å². The Labute approximate surface area is 158 Å². The molecule has 0 aliphatic rings. The minimum absolute atomic E-state index is 0.152. The maximum atomic E-state index is 12.9. The summed E-state index contributed by atoms with van der Waals surface area (Å²) in [5, 5.41) is 3.90. The fourth-order valence-electron chi connectivity index (χ4n) is 2.84. The molecule has 0 saturated heterocycles. The Morgan fingerprint density at radius 3 is 1.78 bits per heavy atom. The lowest BCUT2D eigenvalue weighted by molar-refractivity contribution is 0.503. The van der Waals surface area contributed by atoms with E-state index in [9.17, 15) is 8.42 Å². The summed E-state index contributed by atoms with van der Waals surface area (Å²) in [6.45, 7) is 0. The van der Waals surface area contributed by atoms with Gasteiger partial charge in [-0.1, -0.05) is 84.0 Å². The predicted octanol–water partition coefficient (Wildman–Crippen LogP) is 4.76. The summed E-state index contributed by atoms with van der Waals surface area (Å²) >= 11 is 0. The molecule has 0 aliphatic heterocycles. The fraction of sp³-hybridized carbons (Fsp3) is 0.100. The van der Waals surface area contributed by atoms with Gasteiger partial charge in [-0.25, -0.2) is 13.1 Å². The average Bonchev–Trinajstić information content (AvgIpc) is 2.72. The third kappa shape index (κ3) is 4.54. The smallest absolute Gasteiger partial charge is 0.207 e. The van der Waals surface area contributed by atoms with Crippen LogP contribution in [0.2, 0.25) is 0 Å². The summed E-state index contributed by atoms with van der Waals surface area (Å²) < 4.78 is 28.5. The first-order valence-corrected chi connectivity index (χ1v) is 9.81. The highest BCUT2D eigenvalue weighted by atomic mass is 32.2. The van der Waals surface area contributed by atoms with E-state index in [0.717, 1.165) is 5.56 Å². The summed E-state index contributed by atoms with van der Waals surface area (Å²) in [4.78, 5) is 3.10. The number of benzene rings is 3. The van der Waals surface area contributed by atoms with Crippen LogP contribution in [0, 0.1) is 0 Å². The SMILES string of the molecule is [N-]=[N+]=N[C@H](c1ccccc1)[C@H](NS(=O)(=O)c1ccccc1)c1ccccc1. The first-order valence-electron chi connectivity index (χ1n) is 8.33. The van der Waals surface area contributed by atoms with Gasteiger partial charge in [-0.05, 0) is 28.8 Å². The van der Waals surface area contributed by atoms with E-state index in [4.69, 9.17) is 5.53 Å². The molecule has 0 unspecified atom stereocenters. The van der Waals surface area contributed by atoms with Crippen molar-refractivity contribution in [2.75, 3.05) is 0 Å². The zero-order valence-electron chi connectivity index (χ0n) is 14.4. The van der Waals surface area contributed by atoms with Crippen molar-refractivity contribution >= 4 is 10.0 Å². The maximum absolute atomic E-state index is 12.9. The van der Waals surface area contributed by atoms with Crippen LogP contribution in [0.15, 0.2) is 101 Å². The quantitative estimate of drug-likeness (QED) is 0.364. The molecule has 3 aromatic rings. The van der Waals surface area contributed by atoms with Crippen molar-refractivity contribution in [3.63, 3.8) is 0 Å². The van der Waals surface area contributed by atoms with E-state index >= 15 is 0 Å². The van der Waals surface area contributed by atoms with Gasteiger partial charge >= 0.3 is 0 Å². The fourth-order valence-corrected chi connectivity index (χ4v) is 4.09. The molecule has 0 aromatic heterocycles. The molecule has 0 spiro atoms. The molecule has 2 atom stereocenters. The maximum Gasteiger partial charge on any atom is 0.241 e. The molecule has 0 heterocycles. The second kappa shape index (κ2) is 8.51. The zero-order chi connectivity index (χ0) is 19.1. The van der Waals surface area contributed by atoms with Crippen LogP contribution in [0.1, 0.15) is 23.2 Å². The lowest BCUT2D eigenvalue weighted by Gasteiger charge is -2.25. The minimum atomic E-state index is -3.81. The normalized spacial score (nSPS) is 13.3. The van der Waals surface area contributed by atoms with Crippen LogP contribution in [0.25, 0.3) is 10.4 Å². The molecule has 0 amide bonds. The van der Waals surface area contributed by atoms with Crippen molar-refractivity contribution in [1.82, 2.24) is 4.72 Å². The monoisotopic (exact) mass is 378 g/mol. The Hall–Kier alpha value is -3.12. The van der Waals surface area contributed by atoms with Crippen molar-refractivity contribution in [2.24, 2.45) is 5.11 Å². The van der Waals surface area contributed by atoms with Crippen LogP contribution in [-0.4, -0.2) is 8.42 Å². The van der Waals surface area contributed by atoms with E-state index in [1.807, 2.05) is 48.5 Å². The highest BCUT2D eigenvalue weighted by Gasteiger charge is 2.29. The molecule has 1 N–H and O–H groups in total. The van der Waals surface area contributed by atoms with Crippen LogP contribution in [0.3, 0.4) is 0 Å². The number of nitrogens with one attached hydrogen (secondary N) is 1. The Kier molecular flexibility index (Phi) is 5.88. The van der Waals surface area contributed by atoms with E-state index in [1.165, 1.54) is 12.1 Å². The highest BCUT2D eigenvalue weighted by Crippen LogP contribution is 2.33. The van der Waals surface area contributed by atoms with Crippen LogP contribution in [0.4, 0.5) is 0 Å². The zero-order valence-corrected chi connectivity index (χ0v) is 15.2. The lowest BCUT2D eigenvalue weighted by atomic mass is 9.95. The van der Waals surface area contributed by atoms with Gasteiger partial charge in [0.2, 0.25) is 10.0 Å². The third-order valence-corrected chi connectivity index (χ3v) is 5.58. The third-order valence-electron chi connectivity index (χ3n) is 4.13. The van der Waals surface area contributed by atoms with E-state index in [1.54, 1.807) is 30.3 Å². The summed E-state index contributed by atoms with van der Waals surface area (Å²) in [5.74, 6) is 0. The molecule has 27 heavy (non-hydrogen) atoms. The Balaban J connectivity index is 2.07. The molecule has 6 nitrogen and oxygen atoms in total. The van der Waals surface area contributed by atoms with Crippen LogP contribution >= 0.6 is 0 Å². The van der Waals surface area contributed by atoms with Gasteiger partial charge in [0.05, 0.1) is 17.0 Å². The largest absolute Gasteiger partial charge is 0.241 e. The Morgan fingerprint density at radius 1 is 0.778 bits per heavy atom. The molecule has 0 saturated carbocycles. The Bertz CT molecular complexity index is 1020. The predicted molar refractivity (Wildman–Crippen MR) is 104 cm³/mol. The van der Waals surface area contributed by atoms with E-state index < -0.39 is 22.1 Å². The lowest BCUT2D eigenvalue weighted by Crippen LogP contribution is -2.32. The average molecular weight is 378 g/mol. The molecule has 0 fully saturated rings. The molecule has 3 rings (SSSR count). The number of hydrogen-bond acceptors (Lipinski definition) is 3. The van der Waals surface area contributed by atoms with Gasteiger partial charge in [0.25, 0.3) is 0 Å². The van der Waals surface area contributed by atoms with Crippen molar-refractivity contribution < 1.29 is 8.42 Å². The summed E-state index contributed by atoms with van der Waals surface area (Å²) in [5.41, 5.74) is 10.5. The second-order valence-electron chi connectivity index (χ2n) is 5.88. The molecule has 0 bridgehead atoms. The first kappa shape index (κ1) is 18.7. The molecular formula is C20H18N4O2S. The van der Waals surface area contributed by atoms with E-state index in [2.05, 4.69) is 14.7 Å². The first-order chi connectivity index (χ1) is 13.1.